The number of amides is 1. The Morgan fingerprint density at radius 1 is 1.13 bits per heavy atom. The molecule has 9 nitrogen and oxygen atoms in total. The summed E-state index contributed by atoms with van der Waals surface area (Å²) in [6, 6.07) is 7.28. The van der Waals surface area contributed by atoms with E-state index in [0.717, 1.165) is 0 Å². The third kappa shape index (κ3) is 4.73. The number of benzene rings is 1. The lowest BCUT2D eigenvalue weighted by Crippen LogP contribution is -2.42. The summed E-state index contributed by atoms with van der Waals surface area (Å²) < 4.78 is 21.4. The third-order valence-electron chi connectivity index (χ3n) is 4.55. The maximum Gasteiger partial charge on any atom is 0.355 e. The fraction of sp³-hybridized carbons (Fsp3) is 0.381. The molecule has 0 bridgehead atoms. The molecular formula is C21H24N2O7. The Hall–Kier alpha value is -3.49. The first-order valence-corrected chi connectivity index (χ1v) is 9.59. The highest BCUT2D eigenvalue weighted by atomic mass is 16.6. The molecule has 2 aromatic rings. The van der Waals surface area contributed by atoms with Gasteiger partial charge in [-0.05, 0) is 38.5 Å². The predicted octanol–water partition coefficient (Wildman–Crippen LogP) is 1.92. The SMILES string of the molecule is CCOC(=O)c1[nH]c(C)c(C(=O)OCC(=O)NC[C@@H]2COc3ccccc3O2)c1C. The van der Waals surface area contributed by atoms with Gasteiger partial charge in [-0.25, -0.2) is 9.59 Å². The van der Waals surface area contributed by atoms with Crippen LogP contribution >= 0.6 is 0 Å². The van der Waals surface area contributed by atoms with Crippen LogP contribution in [0.4, 0.5) is 0 Å². The van der Waals surface area contributed by atoms with Crippen molar-refractivity contribution in [1.82, 2.24) is 10.3 Å². The molecule has 1 aromatic carbocycles. The Bertz CT molecular complexity index is 951. The number of rotatable bonds is 7. The van der Waals surface area contributed by atoms with Crippen LogP contribution in [0.25, 0.3) is 0 Å². The quantitative estimate of drug-likeness (QED) is 0.663. The van der Waals surface area contributed by atoms with Gasteiger partial charge in [-0.2, -0.15) is 0 Å². The number of carbonyl (C=O) groups is 3. The molecule has 0 fully saturated rings. The number of nitrogens with one attached hydrogen (secondary N) is 2. The number of H-pyrrole nitrogens is 1. The van der Waals surface area contributed by atoms with E-state index in [1.165, 1.54) is 0 Å². The van der Waals surface area contributed by atoms with Gasteiger partial charge in [-0.1, -0.05) is 12.1 Å². The van der Waals surface area contributed by atoms with E-state index in [9.17, 15) is 14.4 Å². The van der Waals surface area contributed by atoms with E-state index in [1.807, 2.05) is 18.2 Å². The Labute approximate surface area is 173 Å². The van der Waals surface area contributed by atoms with Crippen LogP contribution in [0.3, 0.4) is 0 Å². The maximum absolute atomic E-state index is 12.4. The van der Waals surface area contributed by atoms with Crippen LogP contribution in [0, 0.1) is 13.8 Å². The zero-order valence-electron chi connectivity index (χ0n) is 17.1. The highest BCUT2D eigenvalue weighted by Gasteiger charge is 2.25. The molecule has 1 atom stereocenters. The van der Waals surface area contributed by atoms with Crippen molar-refractivity contribution in [3.05, 3.63) is 46.8 Å². The van der Waals surface area contributed by atoms with Gasteiger partial charge >= 0.3 is 11.9 Å². The van der Waals surface area contributed by atoms with Gasteiger partial charge in [0.2, 0.25) is 0 Å². The first-order chi connectivity index (χ1) is 14.4. The summed E-state index contributed by atoms with van der Waals surface area (Å²) in [6.07, 6.45) is -0.346. The standard InChI is InChI=1S/C21H24N2O7/c1-4-27-21(26)19-12(2)18(13(3)23-19)20(25)29-11-17(24)22-9-14-10-28-15-7-5-6-8-16(15)30-14/h5-8,14,23H,4,9-11H2,1-3H3,(H,22,24)/t14-/m1/s1. The molecule has 0 aliphatic carbocycles. The number of esters is 2. The summed E-state index contributed by atoms with van der Waals surface area (Å²) in [7, 11) is 0. The van der Waals surface area contributed by atoms with E-state index >= 15 is 0 Å². The molecule has 2 N–H and O–H groups in total. The van der Waals surface area contributed by atoms with Crippen molar-refractivity contribution in [3.63, 3.8) is 0 Å². The lowest BCUT2D eigenvalue weighted by atomic mass is 10.1. The fourth-order valence-corrected chi connectivity index (χ4v) is 3.11. The van der Waals surface area contributed by atoms with Gasteiger partial charge in [0.25, 0.3) is 5.91 Å². The maximum atomic E-state index is 12.4. The fourth-order valence-electron chi connectivity index (χ4n) is 3.11. The van der Waals surface area contributed by atoms with E-state index in [-0.39, 0.29) is 30.5 Å². The topological polar surface area (TPSA) is 116 Å². The van der Waals surface area contributed by atoms with Crippen molar-refractivity contribution in [1.29, 1.82) is 0 Å². The largest absolute Gasteiger partial charge is 0.486 e. The molecule has 3 rings (SSSR count). The summed E-state index contributed by atoms with van der Waals surface area (Å²) in [6.45, 7) is 5.23. The number of aromatic amines is 1. The molecule has 0 saturated carbocycles. The lowest BCUT2D eigenvalue weighted by Gasteiger charge is -2.26. The molecule has 1 aliphatic heterocycles. The zero-order valence-corrected chi connectivity index (χ0v) is 17.1. The number of carbonyl (C=O) groups excluding carboxylic acids is 3. The van der Waals surface area contributed by atoms with E-state index in [4.69, 9.17) is 18.9 Å². The van der Waals surface area contributed by atoms with Crippen molar-refractivity contribution in [2.75, 3.05) is 26.4 Å². The van der Waals surface area contributed by atoms with Crippen LogP contribution in [-0.4, -0.2) is 55.3 Å². The minimum absolute atomic E-state index is 0.195. The van der Waals surface area contributed by atoms with Crippen molar-refractivity contribution < 1.29 is 33.3 Å². The summed E-state index contributed by atoms with van der Waals surface area (Å²) in [5, 5.41) is 2.66. The second-order valence-electron chi connectivity index (χ2n) is 6.72. The molecule has 0 saturated heterocycles. The molecular weight excluding hydrogens is 392 g/mol. The highest BCUT2D eigenvalue weighted by molar-refractivity contribution is 5.99. The molecule has 1 amide bonds. The van der Waals surface area contributed by atoms with Crippen LogP contribution in [0.5, 0.6) is 11.5 Å². The summed E-state index contributed by atoms with van der Waals surface area (Å²) in [5.74, 6) is -0.440. The van der Waals surface area contributed by atoms with Crippen LogP contribution in [0.2, 0.25) is 0 Å². The van der Waals surface area contributed by atoms with Gasteiger partial charge in [0.1, 0.15) is 18.4 Å². The van der Waals surface area contributed by atoms with Gasteiger partial charge in [0.15, 0.2) is 18.1 Å². The monoisotopic (exact) mass is 416 g/mol. The van der Waals surface area contributed by atoms with Crippen LogP contribution in [0.15, 0.2) is 24.3 Å². The van der Waals surface area contributed by atoms with Crippen molar-refractivity contribution >= 4 is 17.8 Å². The number of aryl methyl sites for hydroxylation is 1. The summed E-state index contributed by atoms with van der Waals surface area (Å²) in [4.78, 5) is 39.3. The first kappa shape index (κ1) is 21.2. The van der Waals surface area contributed by atoms with Gasteiger partial charge < -0.3 is 29.2 Å². The van der Waals surface area contributed by atoms with E-state index in [1.54, 1.807) is 26.8 Å². The van der Waals surface area contributed by atoms with E-state index in [2.05, 4.69) is 10.3 Å². The van der Waals surface area contributed by atoms with Gasteiger partial charge in [0, 0.05) is 5.69 Å². The summed E-state index contributed by atoms with van der Waals surface area (Å²) in [5.41, 5.74) is 1.29. The lowest BCUT2D eigenvalue weighted by molar-refractivity contribution is -0.124. The molecule has 0 radical (unpaired) electrons. The van der Waals surface area contributed by atoms with Crippen LogP contribution in [-0.2, 0) is 14.3 Å². The van der Waals surface area contributed by atoms with Gasteiger partial charge in [-0.15, -0.1) is 0 Å². The Morgan fingerprint density at radius 3 is 2.60 bits per heavy atom. The zero-order chi connectivity index (χ0) is 21.7. The summed E-state index contributed by atoms with van der Waals surface area (Å²) >= 11 is 0. The van der Waals surface area contributed by atoms with Crippen molar-refractivity contribution in [3.8, 4) is 11.5 Å². The molecule has 1 aromatic heterocycles. The van der Waals surface area contributed by atoms with E-state index in [0.29, 0.717) is 29.4 Å². The molecule has 2 heterocycles. The number of ether oxygens (including phenoxy) is 4. The third-order valence-corrected chi connectivity index (χ3v) is 4.55. The minimum Gasteiger partial charge on any atom is -0.486 e. The second-order valence-corrected chi connectivity index (χ2v) is 6.72. The van der Waals surface area contributed by atoms with Crippen LogP contribution < -0.4 is 14.8 Å². The first-order valence-electron chi connectivity index (χ1n) is 9.59. The number of para-hydroxylation sites is 2. The minimum atomic E-state index is -0.696. The second kappa shape index (κ2) is 9.34. The van der Waals surface area contributed by atoms with Gasteiger partial charge in [0.05, 0.1) is 18.7 Å². The average Bonchev–Trinajstić information content (AvgIpc) is 3.04. The van der Waals surface area contributed by atoms with E-state index < -0.39 is 24.5 Å². The average molecular weight is 416 g/mol. The Kier molecular flexibility index (Phi) is 6.61. The normalized spacial score (nSPS) is 14.7. The number of hydrogen-bond donors (Lipinski definition) is 2. The Morgan fingerprint density at radius 2 is 1.87 bits per heavy atom. The number of aromatic nitrogens is 1. The van der Waals surface area contributed by atoms with Crippen molar-refractivity contribution in [2.45, 2.75) is 26.9 Å². The van der Waals surface area contributed by atoms with Crippen LogP contribution in [0.1, 0.15) is 39.0 Å². The molecule has 0 unspecified atom stereocenters. The molecule has 30 heavy (non-hydrogen) atoms. The highest BCUT2D eigenvalue weighted by Crippen LogP contribution is 2.30. The molecule has 1 aliphatic rings. The Balaban J connectivity index is 1.49. The van der Waals surface area contributed by atoms with Gasteiger partial charge in [-0.3, -0.25) is 4.79 Å². The predicted molar refractivity (Wildman–Crippen MR) is 106 cm³/mol. The smallest absolute Gasteiger partial charge is 0.355 e. The number of fused-ring (bicyclic) bond motifs is 1. The molecule has 160 valence electrons. The molecule has 0 spiro atoms. The number of hydrogen-bond acceptors (Lipinski definition) is 7. The van der Waals surface area contributed by atoms with Crippen molar-refractivity contribution in [2.24, 2.45) is 0 Å². The molecule has 9 heteroatoms.